The predicted octanol–water partition coefficient (Wildman–Crippen LogP) is 1.76. The largest absolute Gasteiger partial charge is 0.481 e. The van der Waals surface area contributed by atoms with Crippen LogP contribution in [0.15, 0.2) is 42.5 Å². The van der Waals surface area contributed by atoms with Gasteiger partial charge in [-0.3, -0.25) is 4.79 Å². The summed E-state index contributed by atoms with van der Waals surface area (Å²) in [5, 5.41) is 23.5. The van der Waals surface area contributed by atoms with Crippen LogP contribution in [-0.2, 0) is 11.3 Å². The first-order valence-electron chi connectivity index (χ1n) is 6.24. The molecule has 0 radical (unpaired) electrons. The summed E-state index contributed by atoms with van der Waals surface area (Å²) in [5.74, 6) is -0.987. The van der Waals surface area contributed by atoms with Gasteiger partial charge in [-0.1, -0.05) is 42.5 Å². The lowest BCUT2D eigenvalue weighted by Gasteiger charge is -2.11. The first kappa shape index (κ1) is 13.5. The van der Waals surface area contributed by atoms with Crippen molar-refractivity contribution in [2.45, 2.75) is 19.1 Å². The molecule has 0 aromatic heterocycles. The van der Waals surface area contributed by atoms with Gasteiger partial charge in [0.15, 0.2) is 0 Å². The van der Waals surface area contributed by atoms with Crippen LogP contribution in [0.2, 0.25) is 0 Å². The number of aliphatic carboxylic acids is 1. The zero-order valence-corrected chi connectivity index (χ0v) is 10.5. The van der Waals surface area contributed by atoms with Crippen molar-refractivity contribution >= 4 is 16.7 Å². The highest BCUT2D eigenvalue weighted by Crippen LogP contribution is 2.18. The molecule has 2 rings (SSSR count). The number of rotatable bonds is 6. The molecule has 3 N–H and O–H groups in total. The Morgan fingerprint density at radius 3 is 2.68 bits per heavy atom. The van der Waals surface area contributed by atoms with E-state index in [4.69, 9.17) is 5.11 Å². The molecular formula is C15H17NO3. The second-order valence-corrected chi connectivity index (χ2v) is 4.52. The fourth-order valence-corrected chi connectivity index (χ4v) is 2.09. The molecule has 2 aromatic rings. The topological polar surface area (TPSA) is 69.6 Å². The average molecular weight is 259 g/mol. The average Bonchev–Trinajstić information content (AvgIpc) is 2.38. The minimum Gasteiger partial charge on any atom is -0.481 e. The minimum absolute atomic E-state index is 0.234. The summed E-state index contributed by atoms with van der Waals surface area (Å²) in [7, 11) is 0. The van der Waals surface area contributed by atoms with Gasteiger partial charge in [0.2, 0.25) is 0 Å². The summed E-state index contributed by atoms with van der Waals surface area (Å²) < 4.78 is 0. The molecule has 0 aliphatic rings. The highest BCUT2D eigenvalue weighted by molar-refractivity contribution is 5.85. The van der Waals surface area contributed by atoms with Crippen LogP contribution in [0.1, 0.15) is 12.0 Å². The highest BCUT2D eigenvalue weighted by Gasteiger charge is 2.08. The van der Waals surface area contributed by atoms with E-state index >= 15 is 0 Å². The van der Waals surface area contributed by atoms with E-state index in [-0.39, 0.29) is 13.0 Å². The van der Waals surface area contributed by atoms with Gasteiger partial charge in [0.05, 0.1) is 12.5 Å². The summed E-state index contributed by atoms with van der Waals surface area (Å²) in [4.78, 5) is 10.4. The van der Waals surface area contributed by atoms with Crippen molar-refractivity contribution in [3.63, 3.8) is 0 Å². The Balaban J connectivity index is 1.97. The van der Waals surface area contributed by atoms with E-state index in [1.165, 1.54) is 10.8 Å². The normalized spacial score (nSPS) is 12.5. The number of aliphatic hydroxyl groups excluding tert-OH is 1. The molecule has 0 saturated carbocycles. The maximum atomic E-state index is 10.4. The molecule has 100 valence electrons. The molecule has 0 spiro atoms. The first-order valence-corrected chi connectivity index (χ1v) is 6.24. The summed E-state index contributed by atoms with van der Waals surface area (Å²) in [5.41, 5.74) is 1.14. The van der Waals surface area contributed by atoms with Crippen LogP contribution < -0.4 is 5.32 Å². The van der Waals surface area contributed by atoms with Gasteiger partial charge in [-0.15, -0.1) is 0 Å². The zero-order valence-electron chi connectivity index (χ0n) is 10.5. The van der Waals surface area contributed by atoms with Gasteiger partial charge in [-0.25, -0.2) is 0 Å². The van der Waals surface area contributed by atoms with Gasteiger partial charge in [0.25, 0.3) is 0 Å². The number of benzene rings is 2. The lowest BCUT2D eigenvalue weighted by Crippen LogP contribution is -2.28. The van der Waals surface area contributed by atoms with Crippen LogP contribution in [-0.4, -0.2) is 28.8 Å². The molecule has 1 unspecified atom stereocenters. The molecule has 19 heavy (non-hydrogen) atoms. The number of nitrogens with one attached hydrogen (secondary N) is 1. The van der Waals surface area contributed by atoms with E-state index in [0.717, 1.165) is 5.56 Å². The predicted molar refractivity (Wildman–Crippen MR) is 73.9 cm³/mol. The Kier molecular flexibility index (Phi) is 4.49. The number of hydrogen-bond donors (Lipinski definition) is 3. The van der Waals surface area contributed by atoms with Crippen molar-refractivity contribution in [2.24, 2.45) is 0 Å². The SMILES string of the molecule is O=C(O)CC(O)CNCc1cccc2ccccc12. The quantitative estimate of drug-likeness (QED) is 0.739. The smallest absolute Gasteiger partial charge is 0.306 e. The van der Waals surface area contributed by atoms with Crippen molar-refractivity contribution in [3.8, 4) is 0 Å². The number of hydrogen-bond acceptors (Lipinski definition) is 3. The van der Waals surface area contributed by atoms with Crippen molar-refractivity contribution in [1.29, 1.82) is 0 Å². The van der Waals surface area contributed by atoms with Crippen LogP contribution >= 0.6 is 0 Å². The lowest BCUT2D eigenvalue weighted by atomic mass is 10.0. The third kappa shape index (κ3) is 3.77. The van der Waals surface area contributed by atoms with E-state index in [0.29, 0.717) is 6.54 Å². The Morgan fingerprint density at radius 1 is 1.16 bits per heavy atom. The van der Waals surface area contributed by atoms with Crippen molar-refractivity contribution in [3.05, 3.63) is 48.0 Å². The summed E-state index contributed by atoms with van der Waals surface area (Å²) in [6.07, 6.45) is -1.09. The van der Waals surface area contributed by atoms with Crippen molar-refractivity contribution in [2.75, 3.05) is 6.54 Å². The molecule has 0 saturated heterocycles. The van der Waals surface area contributed by atoms with Crippen molar-refractivity contribution < 1.29 is 15.0 Å². The number of carboxylic acid groups (broad SMARTS) is 1. The Labute approximate surface area is 111 Å². The first-order chi connectivity index (χ1) is 9.16. The second kappa shape index (κ2) is 6.31. The van der Waals surface area contributed by atoms with Gasteiger partial charge in [0, 0.05) is 13.1 Å². The maximum Gasteiger partial charge on any atom is 0.306 e. The molecule has 2 aromatic carbocycles. The number of carbonyl (C=O) groups is 1. The third-order valence-electron chi connectivity index (χ3n) is 2.99. The number of fused-ring (bicyclic) bond motifs is 1. The summed E-state index contributed by atoms with van der Waals surface area (Å²) >= 11 is 0. The van der Waals surface area contributed by atoms with Gasteiger partial charge in [-0.05, 0) is 16.3 Å². The zero-order chi connectivity index (χ0) is 13.7. The minimum atomic E-state index is -0.987. The van der Waals surface area contributed by atoms with Gasteiger partial charge < -0.3 is 15.5 Å². The molecule has 4 nitrogen and oxygen atoms in total. The van der Waals surface area contributed by atoms with Crippen LogP contribution in [0.3, 0.4) is 0 Å². The molecule has 0 fully saturated rings. The molecule has 0 bridgehead atoms. The Morgan fingerprint density at radius 2 is 1.89 bits per heavy atom. The lowest BCUT2D eigenvalue weighted by molar-refractivity contribution is -0.139. The van der Waals surface area contributed by atoms with E-state index in [1.807, 2.05) is 24.3 Å². The number of carboxylic acids is 1. The van der Waals surface area contributed by atoms with Crippen LogP contribution in [0, 0.1) is 0 Å². The second-order valence-electron chi connectivity index (χ2n) is 4.52. The Bertz CT molecular complexity index is 563. The Hall–Kier alpha value is -1.91. The third-order valence-corrected chi connectivity index (χ3v) is 2.99. The van der Waals surface area contributed by atoms with E-state index in [9.17, 15) is 9.90 Å². The molecule has 0 heterocycles. The molecule has 1 atom stereocenters. The highest BCUT2D eigenvalue weighted by atomic mass is 16.4. The van der Waals surface area contributed by atoms with Crippen LogP contribution in [0.25, 0.3) is 10.8 Å². The summed E-state index contributed by atoms with van der Waals surface area (Å²) in [6, 6.07) is 14.2. The van der Waals surface area contributed by atoms with Gasteiger partial charge in [-0.2, -0.15) is 0 Å². The fourth-order valence-electron chi connectivity index (χ4n) is 2.09. The monoisotopic (exact) mass is 259 g/mol. The molecule has 0 aliphatic heterocycles. The molecule has 0 amide bonds. The standard InChI is InChI=1S/C15H17NO3/c17-13(8-15(18)19)10-16-9-12-6-3-5-11-4-1-2-7-14(11)12/h1-7,13,16-17H,8-10H2,(H,18,19). The maximum absolute atomic E-state index is 10.4. The van der Waals surface area contributed by atoms with Gasteiger partial charge in [0.1, 0.15) is 0 Å². The van der Waals surface area contributed by atoms with Gasteiger partial charge >= 0.3 is 5.97 Å². The molecular weight excluding hydrogens is 242 g/mol. The van der Waals surface area contributed by atoms with E-state index in [1.54, 1.807) is 0 Å². The van der Waals surface area contributed by atoms with E-state index in [2.05, 4.69) is 23.5 Å². The van der Waals surface area contributed by atoms with Crippen molar-refractivity contribution in [1.82, 2.24) is 5.32 Å². The van der Waals surface area contributed by atoms with Crippen LogP contribution in [0.5, 0.6) is 0 Å². The summed E-state index contributed by atoms with van der Waals surface area (Å²) in [6.45, 7) is 0.882. The molecule has 4 heteroatoms. The van der Waals surface area contributed by atoms with E-state index < -0.39 is 12.1 Å². The molecule has 0 aliphatic carbocycles. The fraction of sp³-hybridized carbons (Fsp3) is 0.267. The number of aliphatic hydroxyl groups is 1. The van der Waals surface area contributed by atoms with Crippen LogP contribution in [0.4, 0.5) is 0 Å².